The van der Waals surface area contributed by atoms with Gasteiger partial charge < -0.3 is 10.1 Å². The van der Waals surface area contributed by atoms with Crippen molar-refractivity contribution in [1.82, 2.24) is 16.2 Å². The van der Waals surface area contributed by atoms with E-state index in [1.807, 2.05) is 0 Å². The summed E-state index contributed by atoms with van der Waals surface area (Å²) in [4.78, 5) is 12.2. The third-order valence-corrected chi connectivity index (χ3v) is 4.09. The van der Waals surface area contributed by atoms with Crippen molar-refractivity contribution in [3.8, 4) is 5.75 Å². The summed E-state index contributed by atoms with van der Waals surface area (Å²) in [7, 11) is 1.50. The molecular formula is C17H26ClN3O2S. The van der Waals surface area contributed by atoms with Gasteiger partial charge in [0.25, 0.3) is 5.91 Å². The second kappa shape index (κ2) is 11.1. The Balaban J connectivity index is 2.39. The molecule has 0 heterocycles. The topological polar surface area (TPSA) is 62.4 Å². The molecular weight excluding hydrogens is 346 g/mol. The highest BCUT2D eigenvalue weighted by atomic mass is 35.5. The van der Waals surface area contributed by atoms with Gasteiger partial charge in [-0.3, -0.25) is 15.6 Å². The number of benzene rings is 1. The Morgan fingerprint density at radius 2 is 2.08 bits per heavy atom. The molecule has 1 amide bonds. The molecule has 0 radical (unpaired) electrons. The number of unbranched alkanes of at least 4 members (excludes halogenated alkanes) is 2. The minimum atomic E-state index is -0.366. The van der Waals surface area contributed by atoms with E-state index in [0.29, 0.717) is 27.4 Å². The van der Waals surface area contributed by atoms with Crippen LogP contribution in [0.5, 0.6) is 5.75 Å². The Morgan fingerprint density at radius 1 is 1.33 bits per heavy atom. The van der Waals surface area contributed by atoms with Gasteiger partial charge in [0, 0.05) is 11.6 Å². The monoisotopic (exact) mass is 371 g/mol. The van der Waals surface area contributed by atoms with Gasteiger partial charge in [-0.15, -0.1) is 0 Å². The minimum absolute atomic E-state index is 0.341. The van der Waals surface area contributed by atoms with E-state index >= 15 is 0 Å². The first-order valence-electron chi connectivity index (χ1n) is 8.15. The van der Waals surface area contributed by atoms with Gasteiger partial charge in [0.2, 0.25) is 0 Å². The second-order valence-electron chi connectivity index (χ2n) is 5.73. The zero-order valence-corrected chi connectivity index (χ0v) is 16.0. The predicted octanol–water partition coefficient (Wildman–Crippen LogP) is 3.67. The molecule has 1 rings (SSSR count). The molecule has 7 heteroatoms. The highest BCUT2D eigenvalue weighted by molar-refractivity contribution is 7.80. The van der Waals surface area contributed by atoms with Crippen LogP contribution in [0.3, 0.4) is 0 Å². The normalized spacial score (nSPS) is 11.5. The average molecular weight is 372 g/mol. The van der Waals surface area contributed by atoms with Crippen LogP contribution in [0.1, 0.15) is 49.9 Å². The van der Waals surface area contributed by atoms with E-state index in [-0.39, 0.29) is 5.91 Å². The number of carbonyl (C=O) groups is 1. The van der Waals surface area contributed by atoms with Crippen LogP contribution in [0.4, 0.5) is 0 Å². The first kappa shape index (κ1) is 20.5. The molecule has 0 aliphatic heterocycles. The Morgan fingerprint density at radius 3 is 2.75 bits per heavy atom. The van der Waals surface area contributed by atoms with Gasteiger partial charge in [-0.25, -0.2) is 0 Å². The highest BCUT2D eigenvalue weighted by Gasteiger charge is 2.13. The molecule has 0 bridgehead atoms. The quantitative estimate of drug-likeness (QED) is 0.369. The van der Waals surface area contributed by atoms with Crippen molar-refractivity contribution >= 4 is 34.8 Å². The van der Waals surface area contributed by atoms with Gasteiger partial charge >= 0.3 is 0 Å². The van der Waals surface area contributed by atoms with Crippen molar-refractivity contribution in [2.45, 2.75) is 39.5 Å². The largest absolute Gasteiger partial charge is 0.496 e. The molecule has 0 spiro atoms. The Bertz CT molecular complexity index is 555. The lowest BCUT2D eigenvalue weighted by atomic mass is 10.0. The first-order chi connectivity index (χ1) is 11.5. The summed E-state index contributed by atoms with van der Waals surface area (Å²) in [6.07, 6.45) is 4.87. The van der Waals surface area contributed by atoms with Crippen LogP contribution in [0.15, 0.2) is 18.2 Å². The molecule has 0 aliphatic rings. The lowest BCUT2D eigenvalue weighted by Crippen LogP contribution is -2.47. The third kappa shape index (κ3) is 7.36. The lowest BCUT2D eigenvalue weighted by molar-refractivity contribution is 0.0940. The summed E-state index contributed by atoms with van der Waals surface area (Å²) < 4.78 is 5.16. The van der Waals surface area contributed by atoms with Crippen molar-refractivity contribution in [2.75, 3.05) is 13.7 Å². The maximum atomic E-state index is 12.2. The van der Waals surface area contributed by atoms with E-state index in [9.17, 15) is 4.79 Å². The molecule has 134 valence electrons. The van der Waals surface area contributed by atoms with E-state index in [4.69, 9.17) is 28.6 Å². The van der Waals surface area contributed by atoms with E-state index in [0.717, 1.165) is 13.0 Å². The van der Waals surface area contributed by atoms with Crippen molar-refractivity contribution in [3.05, 3.63) is 28.8 Å². The number of thiocarbonyl (C=S) groups is 1. The Kier molecular flexibility index (Phi) is 9.49. The van der Waals surface area contributed by atoms with Gasteiger partial charge in [-0.2, -0.15) is 0 Å². The van der Waals surface area contributed by atoms with E-state index in [2.05, 4.69) is 30.0 Å². The van der Waals surface area contributed by atoms with E-state index in [1.54, 1.807) is 18.2 Å². The number of halogens is 1. The molecule has 5 nitrogen and oxygen atoms in total. The number of amides is 1. The second-order valence-corrected chi connectivity index (χ2v) is 6.58. The molecule has 0 fully saturated rings. The number of methoxy groups -OCH3 is 1. The van der Waals surface area contributed by atoms with Crippen LogP contribution < -0.4 is 20.9 Å². The van der Waals surface area contributed by atoms with Gasteiger partial charge in [0.15, 0.2) is 5.11 Å². The number of carbonyl (C=O) groups excluding carboxylic acids is 1. The number of nitrogens with one attached hydrogen (secondary N) is 3. The molecule has 0 aliphatic carbocycles. The molecule has 0 unspecified atom stereocenters. The van der Waals surface area contributed by atoms with Crippen LogP contribution >= 0.6 is 23.8 Å². The number of rotatable bonds is 8. The molecule has 0 aromatic heterocycles. The third-order valence-electron chi connectivity index (χ3n) is 3.61. The van der Waals surface area contributed by atoms with Crippen molar-refractivity contribution in [3.63, 3.8) is 0 Å². The standard InChI is InChI=1S/C17H26ClN3O2S/c1-4-5-6-7-12(2)11-19-17(24)21-20-16(22)14-10-13(18)8-9-15(14)23-3/h8-10,12H,4-7,11H2,1-3H3,(H,20,22)(H2,19,21,24)/t12-/m1/s1. The fraction of sp³-hybridized carbons (Fsp3) is 0.529. The average Bonchev–Trinajstić information content (AvgIpc) is 2.58. The van der Waals surface area contributed by atoms with Crippen LogP contribution in [-0.2, 0) is 0 Å². The van der Waals surface area contributed by atoms with Crippen LogP contribution in [0.25, 0.3) is 0 Å². The van der Waals surface area contributed by atoms with E-state index in [1.165, 1.54) is 26.4 Å². The predicted molar refractivity (Wildman–Crippen MR) is 103 cm³/mol. The number of hydrogen-bond acceptors (Lipinski definition) is 3. The lowest BCUT2D eigenvalue weighted by Gasteiger charge is -2.16. The van der Waals surface area contributed by atoms with Crippen LogP contribution in [0, 0.1) is 5.92 Å². The number of hydrazine groups is 1. The van der Waals surface area contributed by atoms with Crippen molar-refractivity contribution < 1.29 is 9.53 Å². The van der Waals surface area contributed by atoms with E-state index < -0.39 is 0 Å². The summed E-state index contributed by atoms with van der Waals surface area (Å²) in [6, 6.07) is 4.85. The zero-order chi connectivity index (χ0) is 17.9. The summed E-state index contributed by atoms with van der Waals surface area (Å²) >= 11 is 11.1. The zero-order valence-electron chi connectivity index (χ0n) is 14.4. The van der Waals surface area contributed by atoms with Gasteiger partial charge in [0.05, 0.1) is 12.7 Å². The SMILES string of the molecule is CCCCC[C@@H](C)CNC(=S)NNC(=O)c1cc(Cl)ccc1OC. The smallest absolute Gasteiger partial charge is 0.273 e. The van der Waals surface area contributed by atoms with Crippen molar-refractivity contribution in [2.24, 2.45) is 5.92 Å². The minimum Gasteiger partial charge on any atom is -0.496 e. The van der Waals surface area contributed by atoms with Gasteiger partial charge in [-0.05, 0) is 42.8 Å². The van der Waals surface area contributed by atoms with Crippen LogP contribution in [0.2, 0.25) is 5.02 Å². The van der Waals surface area contributed by atoms with Crippen LogP contribution in [-0.4, -0.2) is 24.7 Å². The summed E-state index contributed by atoms with van der Waals surface area (Å²) in [5.41, 5.74) is 5.58. The highest BCUT2D eigenvalue weighted by Crippen LogP contribution is 2.22. The molecule has 1 atom stereocenters. The maximum Gasteiger partial charge on any atom is 0.273 e. The summed E-state index contributed by atoms with van der Waals surface area (Å²) in [6.45, 7) is 5.14. The first-order valence-corrected chi connectivity index (χ1v) is 8.94. The number of hydrogen-bond donors (Lipinski definition) is 3. The van der Waals surface area contributed by atoms with Crippen molar-refractivity contribution in [1.29, 1.82) is 0 Å². The molecule has 3 N–H and O–H groups in total. The molecule has 1 aromatic rings. The fourth-order valence-electron chi connectivity index (χ4n) is 2.19. The molecule has 0 saturated heterocycles. The maximum absolute atomic E-state index is 12.2. The van der Waals surface area contributed by atoms with Gasteiger partial charge in [0.1, 0.15) is 5.75 Å². The Labute approximate surface area is 154 Å². The number of ether oxygens (including phenoxy) is 1. The Hall–Kier alpha value is -1.53. The summed E-state index contributed by atoms with van der Waals surface area (Å²) in [5.74, 6) is 0.608. The van der Waals surface area contributed by atoms with Gasteiger partial charge in [-0.1, -0.05) is 44.7 Å². The fourth-order valence-corrected chi connectivity index (χ4v) is 2.50. The molecule has 24 heavy (non-hydrogen) atoms. The summed E-state index contributed by atoms with van der Waals surface area (Å²) in [5, 5.41) is 3.95. The molecule has 0 saturated carbocycles. The molecule has 1 aromatic carbocycles.